The van der Waals surface area contributed by atoms with E-state index in [4.69, 9.17) is 11.6 Å². The van der Waals surface area contributed by atoms with Crippen molar-refractivity contribution in [2.75, 3.05) is 18.4 Å². The van der Waals surface area contributed by atoms with E-state index in [1.54, 1.807) is 48.5 Å². The summed E-state index contributed by atoms with van der Waals surface area (Å²) in [6.07, 6.45) is 1.15. The van der Waals surface area contributed by atoms with E-state index in [1.165, 1.54) is 4.90 Å². The summed E-state index contributed by atoms with van der Waals surface area (Å²) in [6.45, 7) is 0.697. The number of amides is 2. The Bertz CT molecular complexity index is 1150. The molecule has 152 valence electrons. The molecule has 3 aromatic rings. The van der Waals surface area contributed by atoms with Gasteiger partial charge in [-0.2, -0.15) is 0 Å². The van der Waals surface area contributed by atoms with Gasteiger partial charge in [0.25, 0.3) is 11.8 Å². The van der Waals surface area contributed by atoms with Crippen LogP contribution in [0.4, 0.5) is 11.4 Å². The summed E-state index contributed by atoms with van der Waals surface area (Å²) in [6, 6.07) is 13.8. The average Bonchev–Trinajstić information content (AvgIpc) is 2.98. The van der Waals surface area contributed by atoms with Crippen LogP contribution in [-0.2, 0) is 0 Å². The predicted octanol–water partition coefficient (Wildman–Crippen LogP) is 4.28. The van der Waals surface area contributed by atoms with Crippen LogP contribution in [0.25, 0.3) is 10.9 Å². The van der Waals surface area contributed by atoms with Crippen LogP contribution in [0.15, 0.2) is 48.5 Å². The van der Waals surface area contributed by atoms with Crippen molar-refractivity contribution in [1.82, 2.24) is 9.88 Å². The number of hydrogen-bond acceptors (Lipinski definition) is 6. The molecule has 4 rings (SSSR count). The second-order valence-electron chi connectivity index (χ2n) is 6.84. The highest BCUT2D eigenvalue weighted by Crippen LogP contribution is 2.37. The van der Waals surface area contributed by atoms with Crippen molar-refractivity contribution in [2.45, 2.75) is 12.8 Å². The third-order valence-electron chi connectivity index (χ3n) is 5.00. The maximum absolute atomic E-state index is 12.4. The van der Waals surface area contributed by atoms with Crippen LogP contribution < -0.4 is 5.32 Å². The monoisotopic (exact) mass is 424 g/mol. The van der Waals surface area contributed by atoms with Crippen LogP contribution in [0.3, 0.4) is 0 Å². The van der Waals surface area contributed by atoms with Gasteiger partial charge in [0, 0.05) is 18.5 Å². The summed E-state index contributed by atoms with van der Waals surface area (Å²) in [5.41, 5.74) is 1.46. The molecule has 0 aliphatic carbocycles. The number of nitro groups is 1. The zero-order valence-electron chi connectivity index (χ0n) is 15.8. The van der Waals surface area contributed by atoms with Gasteiger partial charge in [-0.1, -0.05) is 41.9 Å². The summed E-state index contributed by atoms with van der Waals surface area (Å²) in [5, 5.41) is 15.0. The number of pyridine rings is 1. The molecular formula is C21H17ClN4O4. The molecule has 1 aliphatic rings. The van der Waals surface area contributed by atoms with E-state index < -0.39 is 4.92 Å². The molecule has 0 unspecified atom stereocenters. The highest BCUT2D eigenvalue weighted by Gasteiger charge is 2.34. The molecule has 9 heteroatoms. The molecule has 2 aromatic carbocycles. The van der Waals surface area contributed by atoms with Crippen molar-refractivity contribution < 1.29 is 14.5 Å². The second kappa shape index (κ2) is 8.08. The molecule has 0 atom stereocenters. The molecule has 0 spiro atoms. The Labute approximate surface area is 176 Å². The van der Waals surface area contributed by atoms with Crippen LogP contribution in [-0.4, -0.2) is 39.7 Å². The van der Waals surface area contributed by atoms with Gasteiger partial charge >= 0.3 is 5.69 Å². The van der Waals surface area contributed by atoms with Crippen molar-refractivity contribution in [1.29, 1.82) is 0 Å². The van der Waals surface area contributed by atoms with E-state index >= 15 is 0 Å². The Hall–Kier alpha value is -3.52. The van der Waals surface area contributed by atoms with Gasteiger partial charge in [0.1, 0.15) is 5.69 Å². The Morgan fingerprint density at radius 1 is 1.00 bits per heavy atom. The highest BCUT2D eigenvalue weighted by atomic mass is 35.5. The molecule has 0 fully saturated rings. The van der Waals surface area contributed by atoms with Gasteiger partial charge < -0.3 is 5.32 Å². The fraction of sp³-hybridized carbons (Fsp3) is 0.190. The van der Waals surface area contributed by atoms with Crippen LogP contribution in [0.5, 0.6) is 0 Å². The lowest BCUT2D eigenvalue weighted by atomic mass is 10.1. The number of hydrogen-bond donors (Lipinski definition) is 1. The Balaban J connectivity index is 1.42. The third-order valence-corrected chi connectivity index (χ3v) is 5.26. The van der Waals surface area contributed by atoms with E-state index in [9.17, 15) is 19.7 Å². The maximum Gasteiger partial charge on any atom is 0.329 e. The number of fused-ring (bicyclic) bond motifs is 2. The van der Waals surface area contributed by atoms with Crippen LogP contribution >= 0.6 is 11.6 Å². The minimum Gasteiger partial charge on any atom is -0.379 e. The molecule has 0 bridgehead atoms. The summed E-state index contributed by atoms with van der Waals surface area (Å²) >= 11 is 6.03. The Kier molecular flexibility index (Phi) is 5.33. The van der Waals surface area contributed by atoms with Gasteiger partial charge in [0.2, 0.25) is 5.15 Å². The molecule has 2 amide bonds. The molecule has 1 aliphatic heterocycles. The Morgan fingerprint density at radius 2 is 1.63 bits per heavy atom. The van der Waals surface area contributed by atoms with Gasteiger partial charge in [0.05, 0.1) is 21.6 Å². The first-order valence-electron chi connectivity index (χ1n) is 9.40. The first-order valence-corrected chi connectivity index (χ1v) is 9.78. The number of nitrogens with zero attached hydrogens (tertiary/aromatic N) is 3. The molecule has 1 aromatic heterocycles. The highest BCUT2D eigenvalue weighted by molar-refractivity contribution is 6.33. The van der Waals surface area contributed by atoms with Crippen molar-refractivity contribution in [3.63, 3.8) is 0 Å². The van der Waals surface area contributed by atoms with Crippen molar-refractivity contribution >= 4 is 45.7 Å². The molecular weight excluding hydrogens is 408 g/mol. The number of carbonyl (C=O) groups excluding carboxylic acids is 2. The molecule has 0 saturated carbocycles. The Morgan fingerprint density at radius 3 is 2.30 bits per heavy atom. The summed E-state index contributed by atoms with van der Waals surface area (Å²) in [7, 11) is 0. The summed E-state index contributed by atoms with van der Waals surface area (Å²) in [5.74, 6) is -0.572. The lowest BCUT2D eigenvalue weighted by molar-refractivity contribution is -0.384. The standard InChI is InChI=1S/C21H17ClN4O4/c22-19-18(26(29)30)17(15-9-3-4-10-16(15)24-19)23-11-5-6-12-25-20(27)13-7-1-2-8-14(13)21(25)28/h1-4,7-10H,5-6,11-12H2,(H,23,24). The summed E-state index contributed by atoms with van der Waals surface area (Å²) in [4.78, 5) is 41.0. The van der Waals surface area contributed by atoms with Gasteiger partial charge in [-0.25, -0.2) is 4.98 Å². The molecule has 0 radical (unpaired) electrons. The lowest BCUT2D eigenvalue weighted by Crippen LogP contribution is -2.30. The molecule has 1 N–H and O–H groups in total. The first-order chi connectivity index (χ1) is 14.5. The number of aromatic nitrogens is 1. The number of unbranched alkanes of at least 4 members (excludes halogenated alkanes) is 1. The zero-order chi connectivity index (χ0) is 21.3. The minimum absolute atomic E-state index is 0.174. The van der Waals surface area contributed by atoms with E-state index in [0.717, 1.165) is 0 Å². The van der Waals surface area contributed by atoms with Crippen LogP contribution in [0.1, 0.15) is 33.6 Å². The van der Waals surface area contributed by atoms with E-state index in [2.05, 4.69) is 10.3 Å². The van der Waals surface area contributed by atoms with Crippen molar-refractivity contribution in [2.24, 2.45) is 0 Å². The smallest absolute Gasteiger partial charge is 0.329 e. The fourth-order valence-corrected chi connectivity index (χ4v) is 3.82. The number of carbonyl (C=O) groups is 2. The minimum atomic E-state index is -0.553. The van der Waals surface area contributed by atoms with Gasteiger partial charge in [0.15, 0.2) is 0 Å². The molecule has 0 saturated heterocycles. The van der Waals surface area contributed by atoms with Gasteiger partial charge in [-0.3, -0.25) is 24.6 Å². The zero-order valence-corrected chi connectivity index (χ0v) is 16.6. The van der Waals surface area contributed by atoms with Crippen molar-refractivity contribution in [3.8, 4) is 0 Å². The lowest BCUT2D eigenvalue weighted by Gasteiger charge is -2.14. The molecule has 2 heterocycles. The quantitative estimate of drug-likeness (QED) is 0.199. The number of anilines is 1. The number of para-hydroxylation sites is 1. The number of halogens is 1. The number of rotatable bonds is 7. The first kappa shape index (κ1) is 19.8. The predicted molar refractivity (Wildman–Crippen MR) is 113 cm³/mol. The largest absolute Gasteiger partial charge is 0.379 e. The molecule has 8 nitrogen and oxygen atoms in total. The molecule has 30 heavy (non-hydrogen) atoms. The van der Waals surface area contributed by atoms with Gasteiger partial charge in [-0.15, -0.1) is 0 Å². The topological polar surface area (TPSA) is 105 Å². The number of imide groups is 1. The fourth-order valence-electron chi connectivity index (χ4n) is 3.57. The number of nitrogens with one attached hydrogen (secondary N) is 1. The number of benzene rings is 2. The van der Waals surface area contributed by atoms with Crippen LogP contribution in [0.2, 0.25) is 5.15 Å². The second-order valence-corrected chi connectivity index (χ2v) is 7.20. The van der Waals surface area contributed by atoms with E-state index in [0.29, 0.717) is 47.1 Å². The van der Waals surface area contributed by atoms with E-state index in [1.807, 2.05) is 0 Å². The SMILES string of the molecule is O=C1c2ccccc2C(=O)N1CCCCNc1c([N+](=O)[O-])c(Cl)nc2ccccc12. The normalized spacial score (nSPS) is 13.0. The van der Waals surface area contributed by atoms with Crippen LogP contribution in [0, 0.1) is 10.1 Å². The maximum atomic E-state index is 12.4. The summed E-state index contributed by atoms with van der Waals surface area (Å²) < 4.78 is 0. The third kappa shape index (κ3) is 3.46. The van der Waals surface area contributed by atoms with Crippen molar-refractivity contribution in [3.05, 3.63) is 74.9 Å². The van der Waals surface area contributed by atoms with E-state index in [-0.39, 0.29) is 29.2 Å². The average molecular weight is 425 g/mol. The van der Waals surface area contributed by atoms with Gasteiger partial charge in [-0.05, 0) is 31.0 Å².